The fourth-order valence-corrected chi connectivity index (χ4v) is 1.30. The van der Waals surface area contributed by atoms with E-state index in [2.05, 4.69) is 0 Å². The van der Waals surface area contributed by atoms with Gasteiger partial charge in [-0.05, 0) is 19.1 Å². The molecule has 0 unspecified atom stereocenters. The predicted octanol–water partition coefficient (Wildman–Crippen LogP) is 4.12. The lowest BCUT2D eigenvalue weighted by molar-refractivity contribution is 0.395. The van der Waals surface area contributed by atoms with Crippen LogP contribution in [0, 0.1) is 6.92 Å². The Balaban J connectivity index is 2.76. The molecule has 0 fully saturated rings. The summed E-state index contributed by atoms with van der Waals surface area (Å²) in [5.74, 6) is 0. The van der Waals surface area contributed by atoms with Crippen LogP contribution in [0.3, 0.4) is 0 Å². The van der Waals surface area contributed by atoms with Crippen LogP contribution in [0.5, 0.6) is 0 Å². The van der Waals surface area contributed by atoms with Crippen LogP contribution in [-0.2, 0) is 0 Å². The molecule has 1 rings (SSSR count). The topological polar surface area (TPSA) is 0 Å². The van der Waals surface area contributed by atoms with Gasteiger partial charge in [0.2, 0.25) is 5.16 Å². The van der Waals surface area contributed by atoms with E-state index in [0.29, 0.717) is 16.7 Å². The maximum absolute atomic E-state index is 12.4. The number of aryl methyl sites for hydroxylation is 1. The zero-order valence-electron chi connectivity index (χ0n) is 6.85. The zero-order valence-corrected chi connectivity index (χ0v) is 7.67. The van der Waals surface area contributed by atoms with E-state index in [1.807, 2.05) is 6.92 Å². The maximum atomic E-state index is 12.4. The van der Waals surface area contributed by atoms with E-state index in [1.165, 1.54) is 0 Å². The van der Waals surface area contributed by atoms with Crippen molar-refractivity contribution in [3.05, 3.63) is 41.1 Å². The summed E-state index contributed by atoms with van der Waals surface area (Å²) in [5.41, 5.74) is 1.01. The smallest absolute Gasteiger partial charge is 0.193 e. The first-order valence-corrected chi connectivity index (χ1v) is 4.36. The summed E-state index contributed by atoms with van der Waals surface area (Å²) in [4.78, 5) is 0.468. The largest absolute Gasteiger partial charge is 0.312 e. The third-order valence-electron chi connectivity index (χ3n) is 1.38. The molecule has 0 aliphatic carbocycles. The molecule has 0 aromatic heterocycles. The average Bonchev–Trinajstić information content (AvgIpc) is 2.08. The fraction of sp³-hybridized carbons (Fsp3) is 0.111. The second kappa shape index (κ2) is 4.37. The summed E-state index contributed by atoms with van der Waals surface area (Å²) < 4.78 is 35.8. The monoisotopic (exact) mass is 204 g/mol. The minimum absolute atomic E-state index is 0.423. The molecule has 0 spiro atoms. The van der Waals surface area contributed by atoms with E-state index in [1.54, 1.807) is 24.3 Å². The first-order chi connectivity index (χ1) is 6.09. The van der Waals surface area contributed by atoms with Crippen LogP contribution in [0.1, 0.15) is 5.56 Å². The number of benzene rings is 1. The van der Waals surface area contributed by atoms with Crippen LogP contribution in [0.2, 0.25) is 0 Å². The van der Waals surface area contributed by atoms with E-state index < -0.39 is 11.2 Å². The quantitative estimate of drug-likeness (QED) is 0.653. The van der Waals surface area contributed by atoms with Crippen LogP contribution >= 0.6 is 11.8 Å². The van der Waals surface area contributed by atoms with E-state index in [0.717, 1.165) is 5.56 Å². The molecule has 0 aliphatic rings. The van der Waals surface area contributed by atoms with Crippen molar-refractivity contribution in [2.24, 2.45) is 0 Å². The summed E-state index contributed by atoms with van der Waals surface area (Å²) in [7, 11) is 0. The highest BCUT2D eigenvalue weighted by molar-refractivity contribution is 8.02. The van der Waals surface area contributed by atoms with Crippen molar-refractivity contribution in [1.82, 2.24) is 0 Å². The van der Waals surface area contributed by atoms with Crippen molar-refractivity contribution in [2.45, 2.75) is 11.8 Å². The lowest BCUT2D eigenvalue weighted by Gasteiger charge is -1.97. The Morgan fingerprint density at radius 1 is 1.08 bits per heavy atom. The number of rotatable bonds is 2. The summed E-state index contributed by atoms with van der Waals surface area (Å²) in [6.07, 6.45) is -2.27. The van der Waals surface area contributed by atoms with Crippen molar-refractivity contribution in [1.29, 1.82) is 0 Å². The Morgan fingerprint density at radius 2 is 1.62 bits per heavy atom. The molecule has 4 heteroatoms. The highest BCUT2D eigenvalue weighted by Gasteiger charge is 2.06. The number of halogens is 3. The molecule has 0 nitrogen and oxygen atoms in total. The van der Waals surface area contributed by atoms with Gasteiger partial charge < -0.3 is 0 Å². The van der Waals surface area contributed by atoms with Crippen molar-refractivity contribution in [3.8, 4) is 0 Å². The van der Waals surface area contributed by atoms with Gasteiger partial charge in [-0.15, -0.1) is 0 Å². The Kier molecular flexibility index (Phi) is 3.42. The van der Waals surface area contributed by atoms with Gasteiger partial charge in [0, 0.05) is 4.90 Å². The average molecular weight is 204 g/mol. The van der Waals surface area contributed by atoms with Gasteiger partial charge in [-0.1, -0.05) is 29.5 Å². The summed E-state index contributed by atoms with van der Waals surface area (Å²) in [5, 5.41) is -1.44. The van der Waals surface area contributed by atoms with Gasteiger partial charge in [0.15, 0.2) is 0 Å². The Morgan fingerprint density at radius 3 is 2.08 bits per heavy atom. The van der Waals surface area contributed by atoms with Gasteiger partial charge in [-0.25, -0.2) is 0 Å². The molecule has 0 aliphatic heterocycles. The highest BCUT2D eigenvalue weighted by Crippen LogP contribution is 2.30. The van der Waals surface area contributed by atoms with E-state index in [-0.39, 0.29) is 0 Å². The third-order valence-corrected chi connectivity index (χ3v) is 2.22. The molecule has 13 heavy (non-hydrogen) atoms. The van der Waals surface area contributed by atoms with Crippen molar-refractivity contribution >= 4 is 11.8 Å². The standard InChI is InChI=1S/C9H7F3S/c1-6-2-4-7(5-3-6)13-9(12)8(10)11/h2-5H,1H3. The molecule has 0 heterocycles. The lowest BCUT2D eigenvalue weighted by Crippen LogP contribution is -1.74. The first kappa shape index (κ1) is 10.2. The van der Waals surface area contributed by atoms with Crippen LogP contribution in [0.4, 0.5) is 13.2 Å². The molecular weight excluding hydrogens is 197 g/mol. The SMILES string of the molecule is Cc1ccc(SC(F)=C(F)F)cc1. The fourth-order valence-electron chi connectivity index (χ4n) is 0.748. The molecule has 70 valence electrons. The maximum Gasteiger partial charge on any atom is 0.312 e. The van der Waals surface area contributed by atoms with Gasteiger partial charge in [-0.3, -0.25) is 0 Å². The summed E-state index contributed by atoms with van der Waals surface area (Å²) in [6, 6.07) is 6.68. The van der Waals surface area contributed by atoms with E-state index in [9.17, 15) is 13.2 Å². The van der Waals surface area contributed by atoms with E-state index in [4.69, 9.17) is 0 Å². The number of thioether (sulfide) groups is 1. The summed E-state index contributed by atoms with van der Waals surface area (Å²) >= 11 is 0.423. The number of hydrogen-bond donors (Lipinski definition) is 0. The normalized spacial score (nSPS) is 9.85. The lowest BCUT2D eigenvalue weighted by atomic mass is 10.2. The number of hydrogen-bond acceptors (Lipinski definition) is 1. The van der Waals surface area contributed by atoms with Crippen LogP contribution in [0.25, 0.3) is 0 Å². The Labute approximate surface area is 78.5 Å². The zero-order chi connectivity index (χ0) is 9.84. The molecular formula is C9H7F3S. The molecule has 0 bridgehead atoms. The van der Waals surface area contributed by atoms with Crippen LogP contribution < -0.4 is 0 Å². The second-order valence-electron chi connectivity index (χ2n) is 2.45. The molecule has 1 aromatic carbocycles. The Hall–Kier alpha value is -0.900. The van der Waals surface area contributed by atoms with Gasteiger partial charge >= 0.3 is 6.08 Å². The molecule has 0 saturated heterocycles. The van der Waals surface area contributed by atoms with Crippen molar-refractivity contribution < 1.29 is 13.2 Å². The van der Waals surface area contributed by atoms with Crippen LogP contribution in [0.15, 0.2) is 40.4 Å². The predicted molar refractivity (Wildman–Crippen MR) is 47.4 cm³/mol. The molecule has 0 radical (unpaired) electrons. The van der Waals surface area contributed by atoms with Gasteiger partial charge in [-0.2, -0.15) is 13.2 Å². The van der Waals surface area contributed by atoms with Gasteiger partial charge in [0.25, 0.3) is 0 Å². The van der Waals surface area contributed by atoms with Gasteiger partial charge in [0.05, 0.1) is 0 Å². The third kappa shape index (κ3) is 3.14. The minimum atomic E-state index is -2.27. The summed E-state index contributed by atoms with van der Waals surface area (Å²) in [6.45, 7) is 1.87. The molecule has 0 atom stereocenters. The van der Waals surface area contributed by atoms with E-state index >= 15 is 0 Å². The minimum Gasteiger partial charge on any atom is -0.193 e. The Bertz CT molecular complexity index is 312. The first-order valence-electron chi connectivity index (χ1n) is 3.55. The van der Waals surface area contributed by atoms with Crippen molar-refractivity contribution in [2.75, 3.05) is 0 Å². The van der Waals surface area contributed by atoms with Crippen LogP contribution in [-0.4, -0.2) is 0 Å². The molecule has 0 saturated carbocycles. The van der Waals surface area contributed by atoms with Crippen molar-refractivity contribution in [3.63, 3.8) is 0 Å². The molecule has 0 N–H and O–H groups in total. The molecule has 1 aromatic rings. The second-order valence-corrected chi connectivity index (χ2v) is 3.48. The van der Waals surface area contributed by atoms with Gasteiger partial charge in [0.1, 0.15) is 0 Å². The molecule has 0 amide bonds. The highest BCUT2D eigenvalue weighted by atomic mass is 32.2.